The van der Waals surface area contributed by atoms with Crippen LogP contribution < -0.4 is 20.1 Å². The molecule has 6 heteroatoms. The molecule has 0 radical (unpaired) electrons. The van der Waals surface area contributed by atoms with Gasteiger partial charge in [-0.3, -0.25) is 4.79 Å². The van der Waals surface area contributed by atoms with E-state index in [0.717, 1.165) is 21.3 Å². The maximum Gasteiger partial charge on any atom is 0.262 e. The molecule has 150 valence electrons. The van der Waals surface area contributed by atoms with E-state index >= 15 is 0 Å². The van der Waals surface area contributed by atoms with Crippen LogP contribution in [0.15, 0.2) is 40.9 Å². The smallest absolute Gasteiger partial charge is 0.262 e. The fourth-order valence-corrected chi connectivity index (χ4v) is 3.87. The third-order valence-electron chi connectivity index (χ3n) is 4.99. The van der Waals surface area contributed by atoms with Gasteiger partial charge in [0.05, 0.1) is 7.11 Å². The number of hydrogen-bond donors (Lipinski definition) is 2. The van der Waals surface area contributed by atoms with Crippen LogP contribution in [0, 0.1) is 6.92 Å². The quantitative estimate of drug-likeness (QED) is 0.610. The Labute approximate surface area is 174 Å². The van der Waals surface area contributed by atoms with Gasteiger partial charge in [0.25, 0.3) is 5.91 Å². The van der Waals surface area contributed by atoms with Gasteiger partial charge in [-0.2, -0.15) is 0 Å². The molecule has 28 heavy (non-hydrogen) atoms. The zero-order chi connectivity index (χ0) is 19.9. The number of aryl methyl sites for hydroxylation is 1. The van der Waals surface area contributed by atoms with Crippen molar-refractivity contribution in [2.75, 3.05) is 19.0 Å². The lowest BCUT2D eigenvalue weighted by Gasteiger charge is -2.19. The highest BCUT2D eigenvalue weighted by molar-refractivity contribution is 9.10. The van der Waals surface area contributed by atoms with Crippen molar-refractivity contribution in [2.24, 2.45) is 0 Å². The van der Waals surface area contributed by atoms with Gasteiger partial charge in [0.1, 0.15) is 0 Å². The minimum atomic E-state index is -0.208. The zero-order valence-electron chi connectivity index (χ0n) is 16.4. The molecule has 2 aromatic carbocycles. The van der Waals surface area contributed by atoms with Gasteiger partial charge < -0.3 is 20.1 Å². The molecular formula is C22H27BrN2O3. The summed E-state index contributed by atoms with van der Waals surface area (Å²) in [5.41, 5.74) is 2.87. The lowest BCUT2D eigenvalue weighted by molar-refractivity contribution is -0.118. The molecule has 2 N–H and O–H groups in total. The first-order valence-electron chi connectivity index (χ1n) is 9.65. The van der Waals surface area contributed by atoms with E-state index in [4.69, 9.17) is 9.47 Å². The van der Waals surface area contributed by atoms with Gasteiger partial charge in [0.15, 0.2) is 18.1 Å². The molecule has 3 rings (SSSR count). The minimum Gasteiger partial charge on any atom is -0.493 e. The van der Waals surface area contributed by atoms with Gasteiger partial charge in [-0.15, -0.1) is 0 Å². The van der Waals surface area contributed by atoms with Crippen molar-refractivity contribution in [3.63, 3.8) is 0 Å². The van der Waals surface area contributed by atoms with E-state index in [1.165, 1.54) is 25.7 Å². The van der Waals surface area contributed by atoms with Crippen LogP contribution in [0.5, 0.6) is 11.5 Å². The van der Waals surface area contributed by atoms with Crippen LogP contribution in [0.25, 0.3) is 0 Å². The Morgan fingerprint density at radius 2 is 1.86 bits per heavy atom. The lowest BCUT2D eigenvalue weighted by atomic mass is 10.1. The second-order valence-corrected chi connectivity index (χ2v) is 7.98. The molecule has 0 heterocycles. The van der Waals surface area contributed by atoms with Crippen molar-refractivity contribution in [1.29, 1.82) is 0 Å². The molecule has 1 aliphatic rings. The molecule has 0 saturated heterocycles. The summed E-state index contributed by atoms with van der Waals surface area (Å²) in [7, 11) is 1.61. The number of anilines is 1. The Morgan fingerprint density at radius 3 is 2.54 bits per heavy atom. The van der Waals surface area contributed by atoms with Gasteiger partial charge in [-0.1, -0.05) is 46.5 Å². The van der Waals surface area contributed by atoms with E-state index in [0.29, 0.717) is 24.1 Å². The number of amides is 1. The van der Waals surface area contributed by atoms with Crippen molar-refractivity contribution in [3.05, 3.63) is 52.0 Å². The Kier molecular flexibility index (Phi) is 7.34. The molecular weight excluding hydrogens is 420 g/mol. The Balaban J connectivity index is 1.67. The summed E-state index contributed by atoms with van der Waals surface area (Å²) < 4.78 is 12.3. The molecule has 1 amide bonds. The van der Waals surface area contributed by atoms with Gasteiger partial charge in [-0.05, 0) is 44.0 Å². The predicted octanol–water partition coefficient (Wildman–Crippen LogP) is 4.82. The van der Waals surface area contributed by atoms with Crippen LogP contribution in [0.2, 0.25) is 0 Å². The van der Waals surface area contributed by atoms with Crippen molar-refractivity contribution in [3.8, 4) is 11.5 Å². The highest BCUT2D eigenvalue weighted by atomic mass is 79.9. The summed E-state index contributed by atoms with van der Waals surface area (Å²) in [6, 6.07) is 12.0. The van der Waals surface area contributed by atoms with Gasteiger partial charge in [0.2, 0.25) is 0 Å². The van der Waals surface area contributed by atoms with Crippen LogP contribution in [-0.4, -0.2) is 25.7 Å². The van der Waals surface area contributed by atoms with Crippen molar-refractivity contribution in [2.45, 2.75) is 45.2 Å². The van der Waals surface area contributed by atoms with E-state index in [1.54, 1.807) is 7.11 Å². The standard InChI is InChI=1S/C22H27BrN2O3/c1-15-7-9-17(10-8-15)25-21(26)14-28-22-18(13-24-16-5-3-4-6-16)19(23)11-12-20(22)27-2/h7-12,16,24H,3-6,13-14H2,1-2H3,(H,25,26). The minimum absolute atomic E-state index is 0.0862. The normalized spacial score (nSPS) is 14.1. The monoisotopic (exact) mass is 446 g/mol. The number of halogens is 1. The first kappa shape index (κ1) is 20.7. The number of benzene rings is 2. The van der Waals surface area contributed by atoms with E-state index in [2.05, 4.69) is 26.6 Å². The molecule has 2 aromatic rings. The Morgan fingerprint density at radius 1 is 1.14 bits per heavy atom. The van der Waals surface area contributed by atoms with Gasteiger partial charge in [0, 0.05) is 28.3 Å². The largest absolute Gasteiger partial charge is 0.493 e. The average molecular weight is 447 g/mol. The van der Waals surface area contributed by atoms with E-state index in [1.807, 2.05) is 43.3 Å². The van der Waals surface area contributed by atoms with Gasteiger partial charge in [-0.25, -0.2) is 0 Å². The molecule has 0 atom stereocenters. The SMILES string of the molecule is COc1ccc(Br)c(CNC2CCCC2)c1OCC(=O)Nc1ccc(C)cc1. The molecule has 1 saturated carbocycles. The number of carbonyl (C=O) groups is 1. The number of nitrogens with one attached hydrogen (secondary N) is 2. The topological polar surface area (TPSA) is 59.6 Å². The number of carbonyl (C=O) groups excluding carboxylic acids is 1. The summed E-state index contributed by atoms with van der Waals surface area (Å²) >= 11 is 3.61. The highest BCUT2D eigenvalue weighted by Crippen LogP contribution is 2.36. The first-order valence-corrected chi connectivity index (χ1v) is 10.4. The molecule has 1 aliphatic carbocycles. The predicted molar refractivity (Wildman–Crippen MR) is 115 cm³/mol. The maximum atomic E-state index is 12.3. The maximum absolute atomic E-state index is 12.3. The number of methoxy groups -OCH3 is 1. The molecule has 0 spiro atoms. The Bertz CT molecular complexity index is 802. The van der Waals surface area contributed by atoms with Crippen LogP contribution in [0.1, 0.15) is 36.8 Å². The second-order valence-electron chi connectivity index (χ2n) is 7.12. The van der Waals surface area contributed by atoms with E-state index in [-0.39, 0.29) is 12.5 Å². The van der Waals surface area contributed by atoms with E-state index in [9.17, 15) is 4.79 Å². The van der Waals surface area contributed by atoms with E-state index < -0.39 is 0 Å². The first-order chi connectivity index (χ1) is 13.6. The number of hydrogen-bond acceptors (Lipinski definition) is 4. The van der Waals surface area contributed by atoms with Crippen LogP contribution in [-0.2, 0) is 11.3 Å². The summed E-state index contributed by atoms with van der Waals surface area (Å²) in [5.74, 6) is 1.01. The highest BCUT2D eigenvalue weighted by Gasteiger charge is 2.19. The second kappa shape index (κ2) is 9.94. The summed E-state index contributed by atoms with van der Waals surface area (Å²) in [6.45, 7) is 2.59. The summed E-state index contributed by atoms with van der Waals surface area (Å²) in [4.78, 5) is 12.3. The third-order valence-corrected chi connectivity index (χ3v) is 5.74. The van der Waals surface area contributed by atoms with Crippen molar-refractivity contribution < 1.29 is 14.3 Å². The summed E-state index contributed by atoms with van der Waals surface area (Å²) in [5, 5.41) is 6.45. The molecule has 0 aliphatic heterocycles. The fraction of sp³-hybridized carbons (Fsp3) is 0.409. The van der Waals surface area contributed by atoms with Gasteiger partial charge >= 0.3 is 0 Å². The molecule has 0 unspecified atom stereocenters. The molecule has 0 bridgehead atoms. The fourth-order valence-electron chi connectivity index (χ4n) is 3.41. The van der Waals surface area contributed by atoms with Crippen LogP contribution >= 0.6 is 15.9 Å². The molecule has 0 aromatic heterocycles. The third kappa shape index (κ3) is 5.49. The summed E-state index contributed by atoms with van der Waals surface area (Å²) in [6.07, 6.45) is 4.96. The average Bonchev–Trinajstić information content (AvgIpc) is 3.21. The van der Waals surface area contributed by atoms with Crippen LogP contribution in [0.4, 0.5) is 5.69 Å². The zero-order valence-corrected chi connectivity index (χ0v) is 18.0. The van der Waals surface area contributed by atoms with Crippen molar-refractivity contribution >= 4 is 27.5 Å². The van der Waals surface area contributed by atoms with Crippen molar-refractivity contribution in [1.82, 2.24) is 5.32 Å². The van der Waals surface area contributed by atoms with Crippen LogP contribution in [0.3, 0.4) is 0 Å². The number of rotatable bonds is 8. The lowest BCUT2D eigenvalue weighted by Crippen LogP contribution is -2.26. The Hall–Kier alpha value is -2.05. The molecule has 5 nitrogen and oxygen atoms in total. The molecule has 1 fully saturated rings. The number of ether oxygens (including phenoxy) is 2.